The molecule has 0 N–H and O–H groups in total. The normalized spacial score (nSPS) is 18.9. The maximum absolute atomic E-state index is 6.49. The molecule has 0 radical (unpaired) electrons. The number of fused-ring (bicyclic) bond motifs is 3. The number of ether oxygens (including phenoxy) is 3. The first-order valence-corrected chi connectivity index (χ1v) is 12.5. The molecule has 2 atom stereocenters. The molecule has 34 heavy (non-hydrogen) atoms. The SMILES string of the molecule is CC(C)Oc1ccc(C2=NN3[C@H](C2)c2cc(Br)ccc2O[C@@H]3c2ccc(OC(C)C)cc2)cc1. The first-order chi connectivity index (χ1) is 16.4. The number of hydrogen-bond donors (Lipinski definition) is 0. The lowest BCUT2D eigenvalue weighted by Gasteiger charge is -2.38. The van der Waals surface area contributed by atoms with Crippen LogP contribution in [0.4, 0.5) is 0 Å². The quantitative estimate of drug-likeness (QED) is 0.342. The number of hydrazone groups is 1. The molecule has 3 aromatic carbocycles. The molecule has 5 rings (SSSR count). The molecule has 0 saturated heterocycles. The Labute approximate surface area is 209 Å². The van der Waals surface area contributed by atoms with E-state index in [0.717, 1.165) is 50.5 Å². The molecule has 0 spiro atoms. The molecular formula is C28H29BrN2O3. The van der Waals surface area contributed by atoms with E-state index in [0.29, 0.717) is 0 Å². The second kappa shape index (κ2) is 9.34. The molecule has 0 unspecified atom stereocenters. The van der Waals surface area contributed by atoms with E-state index < -0.39 is 0 Å². The fourth-order valence-electron chi connectivity index (χ4n) is 4.43. The van der Waals surface area contributed by atoms with Gasteiger partial charge in [-0.05, 0) is 100.0 Å². The summed E-state index contributed by atoms with van der Waals surface area (Å²) >= 11 is 3.62. The van der Waals surface area contributed by atoms with Gasteiger partial charge in [0.25, 0.3) is 0 Å². The zero-order chi connectivity index (χ0) is 23.8. The van der Waals surface area contributed by atoms with Crippen molar-refractivity contribution >= 4 is 21.6 Å². The molecule has 176 valence electrons. The summed E-state index contributed by atoms with van der Waals surface area (Å²) in [5, 5.41) is 7.16. The highest BCUT2D eigenvalue weighted by atomic mass is 79.9. The van der Waals surface area contributed by atoms with E-state index in [4.69, 9.17) is 19.3 Å². The molecule has 0 fully saturated rings. The molecule has 0 aromatic heterocycles. The minimum Gasteiger partial charge on any atom is -0.491 e. The molecule has 0 bridgehead atoms. The molecule has 6 heteroatoms. The average Bonchev–Trinajstić information content (AvgIpc) is 3.25. The monoisotopic (exact) mass is 520 g/mol. The van der Waals surface area contributed by atoms with Crippen molar-refractivity contribution in [2.45, 2.75) is 58.6 Å². The lowest BCUT2D eigenvalue weighted by molar-refractivity contribution is -0.0191. The van der Waals surface area contributed by atoms with E-state index >= 15 is 0 Å². The van der Waals surface area contributed by atoms with Crippen molar-refractivity contribution in [3.63, 3.8) is 0 Å². The second-order valence-electron chi connectivity index (χ2n) is 9.23. The predicted molar refractivity (Wildman–Crippen MR) is 138 cm³/mol. The zero-order valence-corrected chi connectivity index (χ0v) is 21.5. The molecule has 5 nitrogen and oxygen atoms in total. The van der Waals surface area contributed by atoms with E-state index in [2.05, 4.69) is 51.3 Å². The fourth-order valence-corrected chi connectivity index (χ4v) is 4.81. The second-order valence-corrected chi connectivity index (χ2v) is 10.1. The Morgan fingerprint density at radius 2 is 1.50 bits per heavy atom. The Morgan fingerprint density at radius 3 is 2.12 bits per heavy atom. The van der Waals surface area contributed by atoms with Crippen LogP contribution in [0, 0.1) is 0 Å². The summed E-state index contributed by atoms with van der Waals surface area (Å²) in [5.41, 5.74) is 4.33. The Hall–Kier alpha value is -2.99. The lowest BCUT2D eigenvalue weighted by Crippen LogP contribution is -2.33. The van der Waals surface area contributed by atoms with E-state index in [9.17, 15) is 0 Å². The average molecular weight is 521 g/mol. The third-order valence-electron chi connectivity index (χ3n) is 5.85. The fraction of sp³-hybridized carbons (Fsp3) is 0.321. The summed E-state index contributed by atoms with van der Waals surface area (Å²) in [5.74, 6) is 2.62. The highest BCUT2D eigenvalue weighted by Crippen LogP contribution is 2.48. The third-order valence-corrected chi connectivity index (χ3v) is 6.34. The van der Waals surface area contributed by atoms with Gasteiger partial charge in [0, 0.05) is 22.0 Å². The van der Waals surface area contributed by atoms with Gasteiger partial charge in [0.2, 0.25) is 6.23 Å². The first kappa shape index (κ1) is 22.8. The first-order valence-electron chi connectivity index (χ1n) is 11.7. The number of halogens is 1. The Morgan fingerprint density at radius 1 is 0.882 bits per heavy atom. The van der Waals surface area contributed by atoms with Crippen LogP contribution in [0.25, 0.3) is 0 Å². The molecule has 0 aliphatic carbocycles. The van der Waals surface area contributed by atoms with Crippen molar-refractivity contribution in [2.75, 3.05) is 0 Å². The highest BCUT2D eigenvalue weighted by Gasteiger charge is 2.41. The predicted octanol–water partition coefficient (Wildman–Crippen LogP) is 7.27. The standard InChI is InChI=1S/C28H29BrN2O3/c1-17(2)32-22-10-5-19(6-11-22)25-16-26-24-15-21(29)9-14-27(24)34-28(31(26)30-25)20-7-12-23(13-8-20)33-18(3)4/h5-15,17-18,26,28H,16H2,1-4H3/t26-,28-/m1/s1. The minimum absolute atomic E-state index is 0.0967. The largest absolute Gasteiger partial charge is 0.491 e. The van der Waals surface area contributed by atoms with Crippen molar-refractivity contribution in [3.05, 3.63) is 87.9 Å². The molecule has 0 amide bonds. The maximum Gasteiger partial charge on any atom is 0.213 e. The van der Waals surface area contributed by atoms with Crippen LogP contribution in [-0.4, -0.2) is 22.9 Å². The molecular weight excluding hydrogens is 492 g/mol. The van der Waals surface area contributed by atoms with Gasteiger partial charge < -0.3 is 14.2 Å². The summed E-state index contributed by atoms with van der Waals surface area (Å²) in [6, 6.07) is 22.6. The van der Waals surface area contributed by atoms with Gasteiger partial charge in [-0.15, -0.1) is 0 Å². The smallest absolute Gasteiger partial charge is 0.213 e. The maximum atomic E-state index is 6.49. The molecule has 0 saturated carbocycles. The zero-order valence-electron chi connectivity index (χ0n) is 19.9. The van der Waals surface area contributed by atoms with Gasteiger partial charge in [0.15, 0.2) is 0 Å². The van der Waals surface area contributed by atoms with E-state index in [-0.39, 0.29) is 24.5 Å². The number of rotatable bonds is 6. The van der Waals surface area contributed by atoms with Crippen LogP contribution in [0.15, 0.2) is 76.3 Å². The summed E-state index contributed by atoms with van der Waals surface area (Å²) in [7, 11) is 0. The van der Waals surface area contributed by atoms with Gasteiger partial charge in [0.1, 0.15) is 17.2 Å². The lowest BCUT2D eigenvalue weighted by atomic mass is 9.96. The Bertz CT molecular complexity index is 1190. The topological polar surface area (TPSA) is 43.3 Å². The number of nitrogens with zero attached hydrogens (tertiary/aromatic N) is 2. The molecule has 2 aliphatic rings. The van der Waals surface area contributed by atoms with Crippen LogP contribution in [0.3, 0.4) is 0 Å². The highest BCUT2D eigenvalue weighted by molar-refractivity contribution is 9.10. The van der Waals surface area contributed by atoms with Crippen molar-refractivity contribution in [2.24, 2.45) is 5.10 Å². The number of benzene rings is 3. The van der Waals surface area contributed by atoms with Gasteiger partial charge >= 0.3 is 0 Å². The van der Waals surface area contributed by atoms with Gasteiger partial charge in [-0.1, -0.05) is 15.9 Å². The third kappa shape index (κ3) is 4.64. The summed E-state index contributed by atoms with van der Waals surface area (Å²) in [6.07, 6.45) is 0.776. The van der Waals surface area contributed by atoms with Crippen LogP contribution >= 0.6 is 15.9 Å². The molecule has 3 aromatic rings. The van der Waals surface area contributed by atoms with E-state index in [1.165, 1.54) is 0 Å². The van der Waals surface area contributed by atoms with Crippen molar-refractivity contribution in [3.8, 4) is 17.2 Å². The Balaban J connectivity index is 1.48. The summed E-state index contributed by atoms with van der Waals surface area (Å²) in [6.45, 7) is 8.12. The van der Waals surface area contributed by atoms with Crippen LogP contribution < -0.4 is 14.2 Å². The van der Waals surface area contributed by atoms with Gasteiger partial charge in [0.05, 0.1) is 24.0 Å². The van der Waals surface area contributed by atoms with Gasteiger partial charge in [-0.2, -0.15) is 5.10 Å². The van der Waals surface area contributed by atoms with Crippen molar-refractivity contribution in [1.82, 2.24) is 5.01 Å². The van der Waals surface area contributed by atoms with E-state index in [1.54, 1.807) is 0 Å². The van der Waals surface area contributed by atoms with Gasteiger partial charge in [-0.3, -0.25) is 0 Å². The summed E-state index contributed by atoms with van der Waals surface area (Å²) in [4.78, 5) is 0. The van der Waals surface area contributed by atoms with Crippen LogP contribution in [0.1, 0.15) is 63.1 Å². The minimum atomic E-state index is -0.312. The van der Waals surface area contributed by atoms with Crippen molar-refractivity contribution < 1.29 is 14.2 Å². The Kier molecular flexibility index (Phi) is 6.26. The molecule has 2 aliphatic heterocycles. The van der Waals surface area contributed by atoms with Crippen LogP contribution in [-0.2, 0) is 0 Å². The van der Waals surface area contributed by atoms with Gasteiger partial charge in [-0.25, -0.2) is 5.01 Å². The van der Waals surface area contributed by atoms with Crippen LogP contribution in [0.5, 0.6) is 17.2 Å². The molecule has 2 heterocycles. The van der Waals surface area contributed by atoms with Crippen molar-refractivity contribution in [1.29, 1.82) is 0 Å². The summed E-state index contributed by atoms with van der Waals surface area (Å²) < 4.78 is 19.2. The van der Waals surface area contributed by atoms with Crippen LogP contribution in [0.2, 0.25) is 0 Å². The van der Waals surface area contributed by atoms with E-state index in [1.807, 2.05) is 64.1 Å². The number of hydrogen-bond acceptors (Lipinski definition) is 5.